The molecule has 5 nitrogen and oxygen atoms in total. The molecule has 1 aliphatic carbocycles. The first-order valence-corrected chi connectivity index (χ1v) is 9.10. The molecule has 2 rings (SSSR count). The van der Waals surface area contributed by atoms with Crippen molar-refractivity contribution in [3.63, 3.8) is 0 Å². The number of aliphatic carboxylic acids is 1. The van der Waals surface area contributed by atoms with E-state index in [0.717, 1.165) is 31.2 Å². The van der Waals surface area contributed by atoms with Gasteiger partial charge in [-0.1, -0.05) is 12.1 Å². The zero-order valence-electron chi connectivity index (χ0n) is 13.2. The first-order valence-electron chi connectivity index (χ1n) is 7.49. The van der Waals surface area contributed by atoms with Crippen LogP contribution in [0.25, 0.3) is 0 Å². The molecule has 1 saturated carbocycles. The number of halogens is 4. The quantitative estimate of drug-likeness (QED) is 0.735. The molecule has 0 amide bonds. The highest BCUT2D eigenvalue weighted by Gasteiger charge is 2.52. The average molecular weight is 383 g/mol. The minimum Gasteiger partial charge on any atom is -0.480 e. The van der Waals surface area contributed by atoms with Crippen LogP contribution in [0.4, 0.5) is 17.6 Å². The van der Waals surface area contributed by atoms with Gasteiger partial charge in [0.15, 0.2) is 0 Å². The molecule has 0 aliphatic heterocycles. The van der Waals surface area contributed by atoms with E-state index in [-0.39, 0.29) is 10.2 Å². The van der Waals surface area contributed by atoms with Crippen molar-refractivity contribution in [2.75, 3.05) is 5.75 Å². The van der Waals surface area contributed by atoms with E-state index in [1.54, 1.807) is 0 Å². The Bertz CT molecular complexity index is 729. The van der Waals surface area contributed by atoms with E-state index in [1.165, 1.54) is 0 Å². The number of sulfonamides is 1. The maximum Gasteiger partial charge on any atom is 0.409 e. The third kappa shape index (κ3) is 4.69. The summed E-state index contributed by atoms with van der Waals surface area (Å²) in [4.78, 5) is 11.3. The molecular formula is C15H17F4NO4S. The number of hydrogen-bond acceptors (Lipinski definition) is 3. The van der Waals surface area contributed by atoms with Gasteiger partial charge in [0.2, 0.25) is 10.0 Å². The van der Waals surface area contributed by atoms with Crippen LogP contribution in [0.1, 0.15) is 31.4 Å². The molecule has 0 aromatic heterocycles. The van der Waals surface area contributed by atoms with Gasteiger partial charge in [0.1, 0.15) is 17.9 Å². The maximum atomic E-state index is 13.7. The minimum absolute atomic E-state index is 0.0130. The second-order valence-corrected chi connectivity index (χ2v) is 7.98. The first kappa shape index (κ1) is 19.6. The van der Waals surface area contributed by atoms with E-state index in [0.29, 0.717) is 12.8 Å². The van der Waals surface area contributed by atoms with Crippen LogP contribution in [0.15, 0.2) is 24.3 Å². The van der Waals surface area contributed by atoms with Crippen molar-refractivity contribution in [3.8, 4) is 0 Å². The molecule has 2 atom stereocenters. The van der Waals surface area contributed by atoms with Gasteiger partial charge in [-0.15, -0.1) is 0 Å². The number of hydrogen-bond donors (Lipinski definition) is 1. The fourth-order valence-electron chi connectivity index (χ4n) is 2.53. The Hall–Kier alpha value is -1.68. The highest BCUT2D eigenvalue weighted by Crippen LogP contribution is 2.42. The Kier molecular flexibility index (Phi) is 5.43. The molecular weight excluding hydrogens is 366 g/mol. The molecule has 0 radical (unpaired) electrons. The van der Waals surface area contributed by atoms with Crippen molar-refractivity contribution in [3.05, 3.63) is 35.6 Å². The molecule has 1 aromatic rings. The van der Waals surface area contributed by atoms with Crippen LogP contribution < -0.4 is 0 Å². The van der Waals surface area contributed by atoms with Gasteiger partial charge in [-0.05, 0) is 43.4 Å². The van der Waals surface area contributed by atoms with Crippen molar-refractivity contribution >= 4 is 16.0 Å². The van der Waals surface area contributed by atoms with Gasteiger partial charge in [-0.2, -0.15) is 17.5 Å². The van der Waals surface area contributed by atoms with E-state index in [2.05, 4.69) is 0 Å². The van der Waals surface area contributed by atoms with Gasteiger partial charge >= 0.3 is 12.1 Å². The standard InChI is InChI=1S/C15H17F4NO4S/c1-9(14(21)22)20(25(23,24)8-10-2-3-10)13(15(17,18)19)11-4-6-12(16)7-5-11/h4-7,9-10,13H,2-3,8H2,1H3,(H,21,22)/t9-,13+/m1/s1. The molecule has 0 unspecified atom stereocenters. The zero-order chi connectivity index (χ0) is 19.0. The highest BCUT2D eigenvalue weighted by atomic mass is 32.2. The van der Waals surface area contributed by atoms with Gasteiger partial charge in [0.05, 0.1) is 5.75 Å². The Morgan fingerprint density at radius 1 is 1.28 bits per heavy atom. The number of carboxylic acids is 1. The summed E-state index contributed by atoms with van der Waals surface area (Å²) in [5.41, 5.74) is -0.540. The molecule has 1 aromatic carbocycles. The second-order valence-electron chi connectivity index (χ2n) is 6.06. The number of rotatable bonds is 7. The van der Waals surface area contributed by atoms with E-state index in [9.17, 15) is 30.8 Å². The monoisotopic (exact) mass is 383 g/mol. The van der Waals surface area contributed by atoms with Crippen molar-refractivity contribution in [2.24, 2.45) is 5.92 Å². The SMILES string of the molecule is C[C@H](C(=O)O)N([C@@H](c1ccc(F)cc1)C(F)(F)F)S(=O)(=O)CC1CC1. The normalized spacial score (nSPS) is 18.2. The number of alkyl halides is 3. The fourth-order valence-corrected chi connectivity index (χ4v) is 4.76. The summed E-state index contributed by atoms with van der Waals surface area (Å²) in [5.74, 6) is -3.30. The third-order valence-electron chi connectivity index (χ3n) is 3.95. The number of carboxylic acid groups (broad SMARTS) is 1. The molecule has 0 spiro atoms. The minimum atomic E-state index is -5.07. The predicted octanol–water partition coefficient (Wildman–Crippen LogP) is 2.94. The number of nitrogens with zero attached hydrogens (tertiary/aromatic N) is 1. The smallest absolute Gasteiger partial charge is 0.409 e. The van der Waals surface area contributed by atoms with Gasteiger partial charge in [0, 0.05) is 0 Å². The molecule has 1 N–H and O–H groups in total. The van der Waals surface area contributed by atoms with Crippen molar-refractivity contribution in [2.45, 2.75) is 38.0 Å². The largest absolute Gasteiger partial charge is 0.480 e. The zero-order valence-corrected chi connectivity index (χ0v) is 14.0. The lowest BCUT2D eigenvalue weighted by Crippen LogP contribution is -2.50. The first-order chi connectivity index (χ1) is 11.4. The summed E-state index contributed by atoms with van der Waals surface area (Å²) in [6, 6.07) is -1.48. The van der Waals surface area contributed by atoms with Crippen molar-refractivity contribution < 1.29 is 35.9 Å². The summed E-state index contributed by atoms with van der Waals surface area (Å²) in [6.45, 7) is 0.884. The summed E-state index contributed by atoms with van der Waals surface area (Å²) in [5, 5.41) is 9.14. The molecule has 25 heavy (non-hydrogen) atoms. The van der Waals surface area contributed by atoms with Crippen LogP contribution >= 0.6 is 0 Å². The van der Waals surface area contributed by atoms with Gasteiger partial charge in [-0.3, -0.25) is 4.79 Å². The lowest BCUT2D eigenvalue weighted by atomic mass is 10.1. The fraction of sp³-hybridized carbons (Fsp3) is 0.533. The molecule has 0 bridgehead atoms. The molecule has 0 heterocycles. The van der Waals surface area contributed by atoms with Crippen LogP contribution in [0.2, 0.25) is 0 Å². The van der Waals surface area contributed by atoms with Crippen LogP contribution in [0.5, 0.6) is 0 Å². The lowest BCUT2D eigenvalue weighted by Gasteiger charge is -2.35. The number of carbonyl (C=O) groups is 1. The summed E-state index contributed by atoms with van der Waals surface area (Å²) >= 11 is 0. The molecule has 140 valence electrons. The molecule has 1 aliphatic rings. The Labute approximate surface area is 142 Å². The third-order valence-corrected chi connectivity index (χ3v) is 6.02. The molecule has 1 fully saturated rings. The summed E-state index contributed by atoms with van der Waals surface area (Å²) in [6.07, 6.45) is -3.93. The topological polar surface area (TPSA) is 74.7 Å². The van der Waals surface area contributed by atoms with Crippen molar-refractivity contribution in [1.82, 2.24) is 4.31 Å². The maximum absolute atomic E-state index is 13.7. The van der Waals surface area contributed by atoms with Crippen LogP contribution in [0, 0.1) is 11.7 Å². The lowest BCUT2D eigenvalue weighted by molar-refractivity contribution is -0.180. The molecule has 0 saturated heterocycles. The average Bonchev–Trinajstić information content (AvgIpc) is 3.26. The second kappa shape index (κ2) is 6.91. The Morgan fingerprint density at radius 3 is 2.20 bits per heavy atom. The highest BCUT2D eigenvalue weighted by molar-refractivity contribution is 7.89. The van der Waals surface area contributed by atoms with E-state index < -0.39 is 51.4 Å². The van der Waals surface area contributed by atoms with Crippen LogP contribution in [0.3, 0.4) is 0 Å². The predicted molar refractivity (Wildman–Crippen MR) is 80.6 cm³/mol. The number of benzene rings is 1. The van der Waals surface area contributed by atoms with E-state index >= 15 is 0 Å². The van der Waals surface area contributed by atoms with Gasteiger partial charge in [0.25, 0.3) is 0 Å². The summed E-state index contributed by atoms with van der Waals surface area (Å²) < 4.78 is 79.1. The Morgan fingerprint density at radius 2 is 1.80 bits per heavy atom. The van der Waals surface area contributed by atoms with Crippen LogP contribution in [-0.2, 0) is 14.8 Å². The van der Waals surface area contributed by atoms with Gasteiger partial charge < -0.3 is 5.11 Å². The van der Waals surface area contributed by atoms with Crippen LogP contribution in [-0.4, -0.2) is 41.8 Å². The van der Waals surface area contributed by atoms with Gasteiger partial charge in [-0.25, -0.2) is 12.8 Å². The summed E-state index contributed by atoms with van der Waals surface area (Å²) in [7, 11) is -4.51. The molecule has 10 heteroatoms. The van der Waals surface area contributed by atoms with E-state index in [1.807, 2.05) is 0 Å². The van der Waals surface area contributed by atoms with Crippen molar-refractivity contribution in [1.29, 1.82) is 0 Å². The Balaban J connectivity index is 2.56. The van der Waals surface area contributed by atoms with E-state index in [4.69, 9.17) is 5.11 Å².